The number of ether oxygens (including phenoxy) is 1. The molecule has 3 rings (SSSR count). The number of sulfonamides is 2. The molecule has 0 bridgehead atoms. The van der Waals surface area contributed by atoms with Crippen molar-refractivity contribution in [1.29, 1.82) is 0 Å². The van der Waals surface area contributed by atoms with E-state index in [0.29, 0.717) is 24.8 Å². The lowest BCUT2D eigenvalue weighted by atomic mass is 9.97. The van der Waals surface area contributed by atoms with E-state index in [0.717, 1.165) is 11.8 Å². The molecule has 7 nitrogen and oxygen atoms in total. The lowest BCUT2D eigenvalue weighted by molar-refractivity contribution is -0.0498. The number of nitrogens with one attached hydrogen (secondary N) is 1. The van der Waals surface area contributed by atoms with Crippen LogP contribution in [0.4, 0.5) is 8.78 Å². The van der Waals surface area contributed by atoms with Crippen molar-refractivity contribution in [3.63, 3.8) is 0 Å². The van der Waals surface area contributed by atoms with Gasteiger partial charge in [-0.15, -0.1) is 0 Å². The zero-order chi connectivity index (χ0) is 20.5. The Morgan fingerprint density at radius 2 is 1.82 bits per heavy atom. The van der Waals surface area contributed by atoms with Crippen molar-refractivity contribution in [3.8, 4) is 5.75 Å². The fourth-order valence-electron chi connectivity index (χ4n) is 3.43. The normalized spacial score (nSPS) is 19.4. The maximum absolute atomic E-state index is 12.7. The maximum atomic E-state index is 12.7. The van der Waals surface area contributed by atoms with Crippen molar-refractivity contribution in [2.45, 2.75) is 38.3 Å². The number of alkyl halides is 2. The molecule has 0 amide bonds. The van der Waals surface area contributed by atoms with E-state index in [2.05, 4.69) is 9.46 Å². The van der Waals surface area contributed by atoms with Crippen LogP contribution in [0.25, 0.3) is 6.08 Å². The minimum atomic E-state index is -3.72. The highest BCUT2D eigenvalue weighted by Crippen LogP contribution is 2.30. The molecule has 1 aromatic carbocycles. The van der Waals surface area contributed by atoms with Gasteiger partial charge in [-0.3, -0.25) is 0 Å². The molecule has 0 unspecified atom stereocenters. The molecule has 11 heteroatoms. The molecule has 1 aliphatic carbocycles. The summed E-state index contributed by atoms with van der Waals surface area (Å²) in [4.78, 5) is 0.230. The average Bonchev–Trinajstić information content (AvgIpc) is 2.60. The summed E-state index contributed by atoms with van der Waals surface area (Å²) in [6.07, 6.45) is 4.14. The molecule has 1 fully saturated rings. The standard InChI is InChI=1S/C17H22F2N2O5S2/c1-27(22,23)21-8-6-14(7-9-21)20-28(24,25)16-5-3-12-10-15(26-17(18)19)4-2-13(12)11-16/h2,4,10-11,14,17,20H,3,5-9H2,1H3. The van der Waals surface area contributed by atoms with Gasteiger partial charge < -0.3 is 4.74 Å². The van der Waals surface area contributed by atoms with Crippen molar-refractivity contribution in [2.24, 2.45) is 0 Å². The van der Waals surface area contributed by atoms with E-state index in [9.17, 15) is 25.6 Å². The third-order valence-corrected chi connectivity index (χ3v) is 7.85. The number of aryl methyl sites for hydroxylation is 1. The molecule has 1 saturated heterocycles. The van der Waals surface area contributed by atoms with Crippen molar-refractivity contribution in [1.82, 2.24) is 9.03 Å². The third-order valence-electron chi connectivity index (χ3n) is 4.89. The molecule has 28 heavy (non-hydrogen) atoms. The predicted octanol–water partition coefficient (Wildman–Crippen LogP) is 1.92. The zero-order valence-corrected chi connectivity index (χ0v) is 16.9. The van der Waals surface area contributed by atoms with Crippen LogP contribution >= 0.6 is 0 Å². The number of halogens is 2. The second-order valence-electron chi connectivity index (χ2n) is 6.91. The number of hydrogen-bond donors (Lipinski definition) is 1. The van der Waals surface area contributed by atoms with Crippen LogP contribution in [0, 0.1) is 0 Å². The highest BCUT2D eigenvalue weighted by molar-refractivity contribution is 7.93. The van der Waals surface area contributed by atoms with E-state index < -0.39 is 26.7 Å². The fraction of sp³-hybridized carbons (Fsp3) is 0.529. The molecule has 0 atom stereocenters. The minimum Gasteiger partial charge on any atom is -0.435 e. The molecule has 1 heterocycles. The molecule has 1 aliphatic heterocycles. The Bertz CT molecular complexity index is 969. The highest BCUT2D eigenvalue weighted by atomic mass is 32.2. The summed E-state index contributed by atoms with van der Waals surface area (Å²) in [7, 11) is -6.99. The number of hydrogen-bond acceptors (Lipinski definition) is 5. The Morgan fingerprint density at radius 3 is 2.43 bits per heavy atom. The number of allylic oxidation sites excluding steroid dienone is 1. The van der Waals surface area contributed by atoms with E-state index in [1.807, 2.05) is 0 Å². The van der Waals surface area contributed by atoms with Gasteiger partial charge >= 0.3 is 6.61 Å². The van der Waals surface area contributed by atoms with Gasteiger partial charge in [0.25, 0.3) is 0 Å². The number of fused-ring (bicyclic) bond motifs is 1. The van der Waals surface area contributed by atoms with E-state index in [1.54, 1.807) is 12.1 Å². The molecule has 0 saturated carbocycles. The zero-order valence-electron chi connectivity index (χ0n) is 15.3. The van der Waals surface area contributed by atoms with E-state index in [4.69, 9.17) is 0 Å². The summed E-state index contributed by atoms with van der Waals surface area (Å²) in [5.41, 5.74) is 1.40. The van der Waals surface area contributed by atoms with Crippen LogP contribution in [0.15, 0.2) is 23.1 Å². The van der Waals surface area contributed by atoms with Crippen LogP contribution in [-0.2, 0) is 26.5 Å². The van der Waals surface area contributed by atoms with Crippen molar-refractivity contribution in [3.05, 3.63) is 34.2 Å². The van der Waals surface area contributed by atoms with Crippen molar-refractivity contribution in [2.75, 3.05) is 19.3 Å². The van der Waals surface area contributed by atoms with Crippen molar-refractivity contribution < 1.29 is 30.4 Å². The van der Waals surface area contributed by atoms with Crippen LogP contribution in [-0.4, -0.2) is 53.1 Å². The maximum Gasteiger partial charge on any atom is 0.387 e. The molecule has 1 N–H and O–H groups in total. The van der Waals surface area contributed by atoms with E-state index >= 15 is 0 Å². The second kappa shape index (κ2) is 8.05. The number of piperidine rings is 1. The van der Waals surface area contributed by atoms with E-state index in [-0.39, 0.29) is 36.2 Å². The van der Waals surface area contributed by atoms with Crippen LogP contribution in [0.5, 0.6) is 5.75 Å². The van der Waals surface area contributed by atoms with Gasteiger partial charge in [-0.25, -0.2) is 25.9 Å². The number of rotatable bonds is 6. The largest absolute Gasteiger partial charge is 0.435 e. The molecular formula is C17H22F2N2O5S2. The number of benzene rings is 1. The Morgan fingerprint density at radius 1 is 1.14 bits per heavy atom. The summed E-state index contributed by atoms with van der Waals surface area (Å²) in [5, 5.41) is 0. The molecule has 1 aromatic rings. The first-order valence-electron chi connectivity index (χ1n) is 8.80. The second-order valence-corrected chi connectivity index (χ2v) is 10.7. The summed E-state index contributed by atoms with van der Waals surface area (Å²) in [6, 6.07) is 4.11. The first-order valence-corrected chi connectivity index (χ1v) is 12.1. The Kier molecular flexibility index (Phi) is 6.08. The molecular weight excluding hydrogens is 414 g/mol. The van der Waals surface area contributed by atoms with Crippen LogP contribution < -0.4 is 9.46 Å². The predicted molar refractivity (Wildman–Crippen MR) is 101 cm³/mol. The summed E-state index contributed by atoms with van der Waals surface area (Å²) < 4.78 is 81.6. The molecule has 0 spiro atoms. The average molecular weight is 437 g/mol. The monoisotopic (exact) mass is 436 g/mol. The summed E-state index contributed by atoms with van der Waals surface area (Å²) in [6.45, 7) is -2.35. The Hall–Kier alpha value is -1.56. The summed E-state index contributed by atoms with van der Waals surface area (Å²) in [5.74, 6) is 0.0456. The smallest absolute Gasteiger partial charge is 0.387 e. The van der Waals surface area contributed by atoms with Gasteiger partial charge in [0, 0.05) is 19.1 Å². The van der Waals surface area contributed by atoms with Gasteiger partial charge in [-0.2, -0.15) is 8.78 Å². The van der Waals surface area contributed by atoms with Gasteiger partial charge in [0.1, 0.15) is 5.75 Å². The minimum absolute atomic E-state index is 0.0456. The van der Waals surface area contributed by atoms with E-state index in [1.165, 1.54) is 16.4 Å². The topological polar surface area (TPSA) is 92.8 Å². The first-order chi connectivity index (χ1) is 13.0. The molecule has 0 radical (unpaired) electrons. The molecule has 0 aromatic heterocycles. The third kappa shape index (κ3) is 5.07. The van der Waals surface area contributed by atoms with Gasteiger partial charge in [-0.05, 0) is 55.0 Å². The number of nitrogens with zero attached hydrogens (tertiary/aromatic N) is 1. The van der Waals surface area contributed by atoms with Crippen LogP contribution in [0.1, 0.15) is 30.4 Å². The van der Waals surface area contributed by atoms with Crippen LogP contribution in [0.3, 0.4) is 0 Å². The van der Waals surface area contributed by atoms with Gasteiger partial charge in [0.05, 0.1) is 11.2 Å². The fourth-order valence-corrected chi connectivity index (χ4v) is 5.78. The van der Waals surface area contributed by atoms with Crippen LogP contribution in [0.2, 0.25) is 0 Å². The molecule has 2 aliphatic rings. The highest BCUT2D eigenvalue weighted by Gasteiger charge is 2.30. The van der Waals surface area contributed by atoms with Gasteiger partial charge in [0.2, 0.25) is 20.0 Å². The lowest BCUT2D eigenvalue weighted by Crippen LogP contribution is -2.46. The van der Waals surface area contributed by atoms with Gasteiger partial charge in [0.15, 0.2) is 0 Å². The quantitative estimate of drug-likeness (QED) is 0.736. The Balaban J connectivity index is 1.69. The SMILES string of the molecule is CS(=O)(=O)N1CCC(NS(=O)(=O)C2=Cc3ccc(OC(F)F)cc3CC2)CC1. The van der Waals surface area contributed by atoms with Crippen molar-refractivity contribution >= 4 is 26.1 Å². The Labute approximate surface area is 163 Å². The lowest BCUT2D eigenvalue weighted by Gasteiger charge is -2.31. The van der Waals surface area contributed by atoms with Gasteiger partial charge in [-0.1, -0.05) is 6.07 Å². The summed E-state index contributed by atoms with van der Waals surface area (Å²) >= 11 is 0. The molecule has 156 valence electrons. The first kappa shape index (κ1) is 21.2.